The summed E-state index contributed by atoms with van der Waals surface area (Å²) in [4.78, 5) is 0. The molecule has 1 rings (SSSR count). The summed E-state index contributed by atoms with van der Waals surface area (Å²) < 4.78 is 10.8. The Kier molecular flexibility index (Phi) is 11.6. The Bertz CT molecular complexity index is 400. The first kappa shape index (κ1) is 20.4. The van der Waals surface area contributed by atoms with Gasteiger partial charge in [0.1, 0.15) is 0 Å². The molecule has 0 atom stereocenters. The van der Waals surface area contributed by atoms with Crippen LogP contribution in [0.4, 0.5) is 0 Å². The minimum absolute atomic E-state index is 0. The zero-order chi connectivity index (χ0) is 14.8. The van der Waals surface area contributed by atoms with Crippen molar-refractivity contribution in [3.05, 3.63) is 22.7 Å². The molecule has 0 aliphatic heterocycles. The fourth-order valence-electron chi connectivity index (χ4n) is 2.07. The van der Waals surface area contributed by atoms with Crippen LogP contribution in [0.1, 0.15) is 45.1 Å². The lowest BCUT2D eigenvalue weighted by Crippen LogP contribution is -2.14. The van der Waals surface area contributed by atoms with Crippen molar-refractivity contribution in [2.45, 2.75) is 46.1 Å². The van der Waals surface area contributed by atoms with Crippen LogP contribution >= 0.6 is 24.0 Å². The van der Waals surface area contributed by atoms with Gasteiger partial charge in [0, 0.05) is 6.54 Å². The largest absolute Gasteiger partial charge is 0.493 e. The number of ether oxygens (including phenoxy) is 2. The second-order valence-corrected chi connectivity index (χ2v) is 5.19. The fraction of sp³-hybridized carbons (Fsp3) is 0.625. The van der Waals surface area contributed by atoms with Crippen molar-refractivity contribution < 1.29 is 9.47 Å². The zero-order valence-corrected chi connectivity index (χ0v) is 14.8. The summed E-state index contributed by atoms with van der Waals surface area (Å²) >= 11 is 6.24. The van der Waals surface area contributed by atoms with Gasteiger partial charge in [0.25, 0.3) is 0 Å². The Balaban J connectivity index is 0.00000400. The van der Waals surface area contributed by atoms with Crippen LogP contribution in [0.5, 0.6) is 11.5 Å². The number of benzene rings is 1. The van der Waals surface area contributed by atoms with Gasteiger partial charge in [0.15, 0.2) is 11.5 Å². The molecule has 0 heterocycles. The smallest absolute Gasteiger partial charge is 0.179 e. The topological polar surface area (TPSA) is 30.5 Å². The van der Waals surface area contributed by atoms with E-state index in [1.165, 1.54) is 25.7 Å². The quantitative estimate of drug-likeness (QED) is 0.620. The number of methoxy groups -OCH3 is 1. The van der Waals surface area contributed by atoms with E-state index >= 15 is 0 Å². The molecule has 21 heavy (non-hydrogen) atoms. The molecule has 122 valence electrons. The number of rotatable bonds is 10. The molecule has 1 aromatic rings. The van der Waals surface area contributed by atoms with Crippen LogP contribution in [0.2, 0.25) is 5.02 Å². The van der Waals surface area contributed by atoms with Crippen LogP contribution in [0, 0.1) is 0 Å². The number of hydrogen-bond acceptors (Lipinski definition) is 3. The molecule has 0 bridgehead atoms. The molecule has 0 unspecified atom stereocenters. The van der Waals surface area contributed by atoms with E-state index in [-0.39, 0.29) is 12.4 Å². The van der Waals surface area contributed by atoms with E-state index in [0.717, 1.165) is 18.7 Å². The van der Waals surface area contributed by atoms with E-state index in [1.807, 2.05) is 19.1 Å². The Morgan fingerprint density at radius 2 is 1.90 bits per heavy atom. The Labute approximate surface area is 139 Å². The van der Waals surface area contributed by atoms with Crippen LogP contribution in [0.15, 0.2) is 12.1 Å². The molecular formula is C16H27Cl2NO2. The maximum absolute atomic E-state index is 6.24. The highest BCUT2D eigenvalue weighted by atomic mass is 35.5. The average Bonchev–Trinajstić information content (AvgIpc) is 2.45. The van der Waals surface area contributed by atoms with Gasteiger partial charge in [0.2, 0.25) is 0 Å². The Morgan fingerprint density at radius 3 is 2.52 bits per heavy atom. The lowest BCUT2D eigenvalue weighted by Gasteiger charge is -2.13. The summed E-state index contributed by atoms with van der Waals surface area (Å²) in [6.07, 6.45) is 5.09. The number of unbranched alkanes of at least 4 members (excludes halogenated alkanes) is 3. The van der Waals surface area contributed by atoms with Crippen LogP contribution in [0.25, 0.3) is 0 Å². The van der Waals surface area contributed by atoms with E-state index in [4.69, 9.17) is 21.1 Å². The summed E-state index contributed by atoms with van der Waals surface area (Å²) in [6.45, 7) is 6.57. The average molecular weight is 336 g/mol. The van der Waals surface area contributed by atoms with Crippen molar-refractivity contribution in [1.82, 2.24) is 5.32 Å². The maximum atomic E-state index is 6.24. The van der Waals surface area contributed by atoms with Crippen molar-refractivity contribution >= 4 is 24.0 Å². The van der Waals surface area contributed by atoms with E-state index in [9.17, 15) is 0 Å². The minimum Gasteiger partial charge on any atom is -0.493 e. The Hall–Kier alpha value is -0.640. The Morgan fingerprint density at radius 1 is 1.14 bits per heavy atom. The number of hydrogen-bond donors (Lipinski definition) is 1. The van der Waals surface area contributed by atoms with Crippen molar-refractivity contribution in [1.29, 1.82) is 0 Å². The van der Waals surface area contributed by atoms with Gasteiger partial charge < -0.3 is 14.8 Å². The van der Waals surface area contributed by atoms with Gasteiger partial charge in [-0.15, -0.1) is 12.4 Å². The predicted molar refractivity (Wildman–Crippen MR) is 92.3 cm³/mol. The van der Waals surface area contributed by atoms with Gasteiger partial charge >= 0.3 is 0 Å². The molecule has 0 radical (unpaired) electrons. The first-order valence-electron chi connectivity index (χ1n) is 7.42. The third-order valence-corrected chi connectivity index (χ3v) is 3.39. The molecule has 0 aromatic heterocycles. The number of nitrogens with one attached hydrogen (secondary N) is 1. The third-order valence-electron chi connectivity index (χ3n) is 3.11. The maximum Gasteiger partial charge on any atom is 0.179 e. The van der Waals surface area contributed by atoms with Gasteiger partial charge in [-0.1, -0.05) is 37.8 Å². The molecule has 0 aliphatic rings. The van der Waals surface area contributed by atoms with Gasteiger partial charge in [-0.3, -0.25) is 0 Å². The zero-order valence-electron chi connectivity index (χ0n) is 13.2. The molecule has 0 spiro atoms. The van der Waals surface area contributed by atoms with Crippen LogP contribution in [-0.4, -0.2) is 20.3 Å². The molecule has 1 aromatic carbocycles. The van der Waals surface area contributed by atoms with Crippen molar-refractivity contribution in [2.75, 3.05) is 20.3 Å². The standard InChI is InChI=1S/C16H26ClNO2.ClH/c1-4-6-7-8-9-18-12-13-10-14(17)16(20-5-2)15(11-13)19-3;/h10-11,18H,4-9,12H2,1-3H3;1H. The van der Waals surface area contributed by atoms with Gasteiger partial charge in [-0.05, 0) is 37.6 Å². The SMILES string of the molecule is CCCCCCNCc1cc(Cl)c(OCC)c(OC)c1.Cl. The molecule has 0 fully saturated rings. The van der Waals surface area contributed by atoms with E-state index < -0.39 is 0 Å². The van der Waals surface area contributed by atoms with E-state index in [0.29, 0.717) is 23.1 Å². The summed E-state index contributed by atoms with van der Waals surface area (Å²) in [5.74, 6) is 1.32. The molecule has 1 N–H and O–H groups in total. The van der Waals surface area contributed by atoms with E-state index in [2.05, 4.69) is 12.2 Å². The van der Waals surface area contributed by atoms with Crippen molar-refractivity contribution in [2.24, 2.45) is 0 Å². The molecule has 3 nitrogen and oxygen atoms in total. The summed E-state index contributed by atoms with van der Waals surface area (Å²) in [5, 5.41) is 4.04. The molecule has 0 aliphatic carbocycles. The fourth-order valence-corrected chi connectivity index (χ4v) is 2.36. The molecule has 0 amide bonds. The predicted octanol–water partition coefficient (Wildman–Crippen LogP) is 4.84. The monoisotopic (exact) mass is 335 g/mol. The first-order valence-corrected chi connectivity index (χ1v) is 7.80. The lowest BCUT2D eigenvalue weighted by atomic mass is 10.2. The molecule has 5 heteroatoms. The van der Waals surface area contributed by atoms with Gasteiger partial charge in [-0.2, -0.15) is 0 Å². The highest BCUT2D eigenvalue weighted by molar-refractivity contribution is 6.32. The second kappa shape index (κ2) is 12.0. The van der Waals surface area contributed by atoms with Crippen LogP contribution in [0.3, 0.4) is 0 Å². The van der Waals surface area contributed by atoms with Crippen molar-refractivity contribution in [3.8, 4) is 11.5 Å². The highest BCUT2D eigenvalue weighted by Gasteiger charge is 2.11. The normalized spacial score (nSPS) is 10.1. The molecule has 0 saturated carbocycles. The minimum atomic E-state index is 0. The summed E-state index contributed by atoms with van der Waals surface area (Å²) in [5.41, 5.74) is 1.12. The number of halogens is 2. The van der Waals surface area contributed by atoms with Gasteiger partial charge in [0.05, 0.1) is 18.7 Å². The van der Waals surface area contributed by atoms with E-state index in [1.54, 1.807) is 7.11 Å². The van der Waals surface area contributed by atoms with Crippen LogP contribution < -0.4 is 14.8 Å². The second-order valence-electron chi connectivity index (χ2n) is 4.78. The summed E-state index contributed by atoms with van der Waals surface area (Å²) in [6, 6.07) is 3.92. The van der Waals surface area contributed by atoms with Crippen LogP contribution in [-0.2, 0) is 6.54 Å². The molecular weight excluding hydrogens is 309 g/mol. The van der Waals surface area contributed by atoms with Gasteiger partial charge in [-0.25, -0.2) is 0 Å². The van der Waals surface area contributed by atoms with Crippen molar-refractivity contribution in [3.63, 3.8) is 0 Å². The first-order chi connectivity index (χ1) is 9.72. The summed E-state index contributed by atoms with van der Waals surface area (Å²) in [7, 11) is 1.64. The molecule has 0 saturated heterocycles. The highest BCUT2D eigenvalue weighted by Crippen LogP contribution is 2.36. The third kappa shape index (κ3) is 7.25. The lowest BCUT2D eigenvalue weighted by molar-refractivity contribution is 0.311.